The van der Waals surface area contributed by atoms with Crippen molar-refractivity contribution in [3.8, 4) is 0 Å². The number of nitrogens with one attached hydrogen (secondary N) is 2. The van der Waals surface area contributed by atoms with Crippen LogP contribution in [0.25, 0.3) is 0 Å². The number of amides is 1. The van der Waals surface area contributed by atoms with Crippen molar-refractivity contribution in [1.82, 2.24) is 5.32 Å². The van der Waals surface area contributed by atoms with Crippen molar-refractivity contribution in [2.45, 2.75) is 33.1 Å². The Bertz CT molecular complexity index is 467. The van der Waals surface area contributed by atoms with Crippen molar-refractivity contribution < 1.29 is 4.79 Å². The highest BCUT2D eigenvalue weighted by Gasteiger charge is 2.37. The SMILES string of the molecule is CCC1(C(=O)Nc2cc(Br)ccc2C)CCNCC1. The van der Waals surface area contributed by atoms with Crippen molar-refractivity contribution in [2.75, 3.05) is 18.4 Å². The Morgan fingerprint density at radius 3 is 2.74 bits per heavy atom. The number of carbonyl (C=O) groups excluding carboxylic acids is 1. The minimum atomic E-state index is -0.208. The van der Waals surface area contributed by atoms with E-state index in [9.17, 15) is 4.79 Å². The molecule has 1 aliphatic heterocycles. The Labute approximate surface area is 123 Å². The standard InChI is InChI=1S/C15H21BrN2O/c1-3-15(6-8-17-9-7-15)14(19)18-13-10-12(16)5-4-11(13)2/h4-5,10,17H,3,6-9H2,1-2H3,(H,18,19). The molecule has 0 atom stereocenters. The number of rotatable bonds is 3. The van der Waals surface area contributed by atoms with Crippen molar-refractivity contribution in [1.29, 1.82) is 0 Å². The molecule has 1 aromatic carbocycles. The molecule has 19 heavy (non-hydrogen) atoms. The zero-order valence-corrected chi connectivity index (χ0v) is 13.1. The fraction of sp³-hybridized carbons (Fsp3) is 0.533. The Balaban J connectivity index is 2.17. The van der Waals surface area contributed by atoms with Crippen LogP contribution in [-0.2, 0) is 4.79 Å². The molecular weight excluding hydrogens is 304 g/mol. The lowest BCUT2D eigenvalue weighted by Crippen LogP contribution is -2.44. The molecule has 104 valence electrons. The number of halogens is 1. The summed E-state index contributed by atoms with van der Waals surface area (Å²) in [6.45, 7) is 5.99. The van der Waals surface area contributed by atoms with Crippen LogP contribution in [0.3, 0.4) is 0 Å². The van der Waals surface area contributed by atoms with Gasteiger partial charge in [0.05, 0.1) is 5.41 Å². The van der Waals surface area contributed by atoms with Gasteiger partial charge in [0.25, 0.3) is 0 Å². The van der Waals surface area contributed by atoms with Crippen LogP contribution in [0, 0.1) is 12.3 Å². The zero-order valence-electron chi connectivity index (χ0n) is 11.6. The summed E-state index contributed by atoms with van der Waals surface area (Å²) in [5.74, 6) is 0.165. The lowest BCUT2D eigenvalue weighted by Gasteiger charge is -2.35. The maximum atomic E-state index is 12.6. The van der Waals surface area contributed by atoms with Gasteiger partial charge in [-0.15, -0.1) is 0 Å². The number of aryl methyl sites for hydroxylation is 1. The van der Waals surface area contributed by atoms with Gasteiger partial charge in [-0.2, -0.15) is 0 Å². The second-order valence-corrected chi connectivity index (χ2v) is 6.21. The van der Waals surface area contributed by atoms with E-state index in [1.165, 1.54) is 0 Å². The molecule has 0 radical (unpaired) electrons. The number of anilines is 1. The minimum absolute atomic E-state index is 0.165. The summed E-state index contributed by atoms with van der Waals surface area (Å²) in [6, 6.07) is 5.98. The molecule has 4 heteroatoms. The van der Waals surface area contributed by atoms with Crippen LogP contribution in [0.2, 0.25) is 0 Å². The van der Waals surface area contributed by atoms with Crippen LogP contribution < -0.4 is 10.6 Å². The molecule has 0 aliphatic carbocycles. The number of piperidine rings is 1. The first-order valence-corrected chi connectivity index (χ1v) is 7.65. The molecule has 0 saturated carbocycles. The van der Waals surface area contributed by atoms with Crippen molar-refractivity contribution in [3.05, 3.63) is 28.2 Å². The number of hydrogen-bond acceptors (Lipinski definition) is 2. The normalized spacial score (nSPS) is 18.1. The summed E-state index contributed by atoms with van der Waals surface area (Å²) < 4.78 is 0.990. The Morgan fingerprint density at radius 2 is 2.11 bits per heavy atom. The lowest BCUT2D eigenvalue weighted by molar-refractivity contribution is -0.127. The number of carbonyl (C=O) groups is 1. The van der Waals surface area contributed by atoms with Gasteiger partial charge in [0.2, 0.25) is 5.91 Å². The van der Waals surface area contributed by atoms with Crippen LogP contribution in [0.15, 0.2) is 22.7 Å². The number of benzene rings is 1. The average Bonchev–Trinajstić information content (AvgIpc) is 2.43. The zero-order chi connectivity index (χ0) is 13.9. The monoisotopic (exact) mass is 324 g/mol. The highest BCUT2D eigenvalue weighted by molar-refractivity contribution is 9.10. The minimum Gasteiger partial charge on any atom is -0.325 e. The summed E-state index contributed by atoms with van der Waals surface area (Å²) in [6.07, 6.45) is 2.73. The Hall–Kier alpha value is -0.870. The topological polar surface area (TPSA) is 41.1 Å². The molecule has 2 N–H and O–H groups in total. The number of hydrogen-bond donors (Lipinski definition) is 2. The molecule has 1 fully saturated rings. The Morgan fingerprint density at radius 1 is 1.42 bits per heavy atom. The fourth-order valence-corrected chi connectivity index (χ4v) is 2.99. The molecule has 3 nitrogen and oxygen atoms in total. The van der Waals surface area contributed by atoms with Gasteiger partial charge in [-0.25, -0.2) is 0 Å². The summed E-state index contributed by atoms with van der Waals surface area (Å²) in [5.41, 5.74) is 1.79. The first-order valence-electron chi connectivity index (χ1n) is 6.86. The highest BCUT2D eigenvalue weighted by atomic mass is 79.9. The molecule has 0 unspecified atom stereocenters. The van der Waals surface area contributed by atoms with E-state index >= 15 is 0 Å². The van der Waals surface area contributed by atoms with Crippen molar-refractivity contribution in [3.63, 3.8) is 0 Å². The molecule has 1 saturated heterocycles. The molecule has 1 aliphatic rings. The summed E-state index contributed by atoms with van der Waals surface area (Å²) in [5, 5.41) is 6.44. The van der Waals surface area contributed by atoms with E-state index in [2.05, 4.69) is 33.5 Å². The van der Waals surface area contributed by atoms with E-state index in [-0.39, 0.29) is 11.3 Å². The molecule has 1 aromatic rings. The van der Waals surface area contributed by atoms with Crippen LogP contribution >= 0.6 is 15.9 Å². The molecule has 1 amide bonds. The summed E-state index contributed by atoms with van der Waals surface area (Å²) >= 11 is 3.45. The Kier molecular flexibility index (Phi) is 4.63. The first-order chi connectivity index (χ1) is 9.07. The van der Waals surface area contributed by atoms with Gasteiger partial charge in [-0.05, 0) is 57.0 Å². The average molecular weight is 325 g/mol. The van der Waals surface area contributed by atoms with Crippen molar-refractivity contribution >= 4 is 27.5 Å². The molecule has 0 aromatic heterocycles. The van der Waals surface area contributed by atoms with E-state index in [1.807, 2.05) is 25.1 Å². The third-order valence-corrected chi connectivity index (χ3v) is 4.66. The first kappa shape index (κ1) is 14.5. The summed E-state index contributed by atoms with van der Waals surface area (Å²) in [7, 11) is 0. The maximum absolute atomic E-state index is 12.6. The van der Waals surface area contributed by atoms with Gasteiger partial charge in [0, 0.05) is 10.2 Å². The van der Waals surface area contributed by atoms with E-state index in [0.717, 1.165) is 48.1 Å². The largest absolute Gasteiger partial charge is 0.325 e. The lowest BCUT2D eigenvalue weighted by atomic mass is 9.76. The van der Waals surface area contributed by atoms with Crippen molar-refractivity contribution in [2.24, 2.45) is 5.41 Å². The highest BCUT2D eigenvalue weighted by Crippen LogP contribution is 2.34. The van der Waals surface area contributed by atoms with Crippen LogP contribution in [-0.4, -0.2) is 19.0 Å². The van der Waals surface area contributed by atoms with Gasteiger partial charge in [0.15, 0.2) is 0 Å². The predicted octanol–water partition coefficient (Wildman–Crippen LogP) is 3.48. The van der Waals surface area contributed by atoms with Crippen LogP contribution in [0.5, 0.6) is 0 Å². The second-order valence-electron chi connectivity index (χ2n) is 5.30. The smallest absolute Gasteiger partial charge is 0.230 e. The third-order valence-electron chi connectivity index (χ3n) is 4.17. The van der Waals surface area contributed by atoms with Crippen LogP contribution in [0.4, 0.5) is 5.69 Å². The predicted molar refractivity (Wildman–Crippen MR) is 82.3 cm³/mol. The van der Waals surface area contributed by atoms with Gasteiger partial charge >= 0.3 is 0 Å². The van der Waals surface area contributed by atoms with Crippen LogP contribution in [0.1, 0.15) is 31.7 Å². The fourth-order valence-electron chi connectivity index (χ4n) is 2.63. The maximum Gasteiger partial charge on any atom is 0.230 e. The van der Waals surface area contributed by atoms with Gasteiger partial charge < -0.3 is 10.6 Å². The van der Waals surface area contributed by atoms with E-state index < -0.39 is 0 Å². The van der Waals surface area contributed by atoms with Gasteiger partial charge in [-0.1, -0.05) is 28.9 Å². The molecular formula is C15H21BrN2O. The van der Waals surface area contributed by atoms with Gasteiger partial charge in [0.1, 0.15) is 0 Å². The molecule has 1 heterocycles. The molecule has 0 spiro atoms. The van der Waals surface area contributed by atoms with E-state index in [1.54, 1.807) is 0 Å². The second kappa shape index (κ2) is 6.06. The molecule has 0 bridgehead atoms. The summed E-state index contributed by atoms with van der Waals surface area (Å²) in [4.78, 5) is 12.6. The van der Waals surface area contributed by atoms with Gasteiger partial charge in [-0.3, -0.25) is 4.79 Å². The molecule has 2 rings (SSSR count). The quantitative estimate of drug-likeness (QED) is 0.893. The third kappa shape index (κ3) is 3.18. The van der Waals surface area contributed by atoms with E-state index in [0.29, 0.717) is 0 Å². The van der Waals surface area contributed by atoms with E-state index in [4.69, 9.17) is 0 Å².